The van der Waals surface area contributed by atoms with E-state index < -0.39 is 35.1 Å². The number of rotatable bonds is 18. The van der Waals surface area contributed by atoms with Crippen LogP contribution in [-0.4, -0.2) is 92.1 Å². The molecule has 0 aromatic heterocycles. The lowest BCUT2D eigenvalue weighted by molar-refractivity contribution is -0.129. The third-order valence-electron chi connectivity index (χ3n) is 5.54. The number of alkyl carbamates (subject to hydrolysis) is 3. The molecule has 47 heavy (non-hydrogen) atoms. The summed E-state index contributed by atoms with van der Waals surface area (Å²) in [5, 5.41) is 16.4. The summed E-state index contributed by atoms with van der Waals surface area (Å²) < 4.78 is 15.6. The van der Waals surface area contributed by atoms with Gasteiger partial charge in [-0.15, -0.1) is 0 Å². The molecular weight excluding hydrogens is 610 g/mol. The maximum atomic E-state index is 12.2. The molecule has 15 heteroatoms. The van der Waals surface area contributed by atoms with Gasteiger partial charge < -0.3 is 35.5 Å². The lowest BCUT2D eigenvalue weighted by atomic mass is 10.2. The molecule has 15 nitrogen and oxygen atoms in total. The van der Waals surface area contributed by atoms with E-state index in [1.54, 1.807) is 41.5 Å². The Bertz CT molecular complexity index is 967. The van der Waals surface area contributed by atoms with Crippen molar-refractivity contribution in [3.8, 4) is 0 Å². The zero-order chi connectivity index (χ0) is 35.9. The van der Waals surface area contributed by atoms with Crippen molar-refractivity contribution in [1.29, 1.82) is 0 Å². The Balaban J connectivity index is 4.03. The second-order valence-corrected chi connectivity index (χ2v) is 14.0. The Morgan fingerprint density at radius 2 is 0.894 bits per heavy atom. The van der Waals surface area contributed by atoms with Crippen molar-refractivity contribution in [2.24, 2.45) is 4.99 Å². The summed E-state index contributed by atoms with van der Waals surface area (Å²) in [6.45, 7) is 19.2. The van der Waals surface area contributed by atoms with Crippen LogP contribution in [0.25, 0.3) is 0 Å². The van der Waals surface area contributed by atoms with Crippen molar-refractivity contribution in [2.45, 2.75) is 130 Å². The van der Waals surface area contributed by atoms with Crippen LogP contribution in [-0.2, 0) is 23.8 Å². The van der Waals surface area contributed by atoms with Gasteiger partial charge in [-0.2, -0.15) is 0 Å². The molecule has 272 valence electrons. The van der Waals surface area contributed by atoms with Gasteiger partial charge in [0.05, 0.1) is 0 Å². The normalized spacial score (nSPS) is 11.5. The maximum absolute atomic E-state index is 12.2. The molecule has 0 aliphatic heterocycles. The fourth-order valence-electron chi connectivity index (χ4n) is 3.64. The molecule has 0 aliphatic carbocycles. The third kappa shape index (κ3) is 30.8. The van der Waals surface area contributed by atoms with Crippen LogP contribution < -0.4 is 31.9 Å². The van der Waals surface area contributed by atoms with Crippen LogP contribution >= 0.6 is 0 Å². The molecular formula is C32H61N7O8. The van der Waals surface area contributed by atoms with E-state index in [0.29, 0.717) is 32.6 Å². The number of hydrogen-bond donors (Lipinski definition) is 6. The predicted molar refractivity (Wildman–Crippen MR) is 181 cm³/mol. The molecule has 0 aromatic carbocycles. The molecule has 0 fully saturated rings. The van der Waals surface area contributed by atoms with Crippen LogP contribution in [0, 0.1) is 0 Å². The first-order valence-corrected chi connectivity index (χ1v) is 16.5. The van der Waals surface area contributed by atoms with Gasteiger partial charge in [-0.3, -0.25) is 25.2 Å². The highest BCUT2D eigenvalue weighted by Gasteiger charge is 2.21. The van der Waals surface area contributed by atoms with Gasteiger partial charge in [-0.1, -0.05) is 12.8 Å². The largest absolute Gasteiger partial charge is 0.444 e. The van der Waals surface area contributed by atoms with E-state index in [0.717, 1.165) is 51.6 Å². The van der Waals surface area contributed by atoms with E-state index in [9.17, 15) is 24.0 Å². The summed E-state index contributed by atoms with van der Waals surface area (Å²) in [4.78, 5) is 64.2. The number of carbonyl (C=O) groups excluding carboxylic acids is 5. The third-order valence-corrected chi connectivity index (χ3v) is 5.54. The lowest BCUT2D eigenvalue weighted by Crippen LogP contribution is -2.47. The van der Waals surface area contributed by atoms with Crippen molar-refractivity contribution in [2.75, 3.05) is 39.3 Å². The Hall–Kier alpha value is -3.62. The van der Waals surface area contributed by atoms with E-state index in [1.165, 1.54) is 0 Å². The standard InChI is InChI=1S/C32H61N7O8/c1-30(2,3)45-27(42)37-22-16-18-33-17-14-15-20-35-25(41)23-24(40)34-19-12-10-11-13-21-36-26(38-28(43)46-31(4,5)6)39-29(44)47-32(7,8)9/h33H,10-23H2,1-9H3,(H,34,40)(H,35,41)(H,37,42)(H2,36,38,39,43,44). The monoisotopic (exact) mass is 671 g/mol. The molecule has 0 rings (SSSR count). The molecule has 0 radical (unpaired) electrons. The predicted octanol–water partition coefficient (Wildman–Crippen LogP) is 3.86. The fraction of sp³-hybridized carbons (Fsp3) is 0.812. The summed E-state index contributed by atoms with van der Waals surface area (Å²) in [6.07, 6.45) is 3.38. The van der Waals surface area contributed by atoms with E-state index in [-0.39, 0.29) is 24.2 Å². The minimum absolute atomic E-state index is 0.0581. The van der Waals surface area contributed by atoms with Crippen molar-refractivity contribution in [3.63, 3.8) is 0 Å². The van der Waals surface area contributed by atoms with Crippen molar-refractivity contribution >= 4 is 36.1 Å². The molecule has 0 spiro atoms. The molecule has 6 N–H and O–H groups in total. The van der Waals surface area contributed by atoms with Crippen LogP contribution in [0.3, 0.4) is 0 Å². The molecule has 0 saturated heterocycles. The zero-order valence-corrected chi connectivity index (χ0v) is 30.1. The Labute approximate surface area is 280 Å². The van der Waals surface area contributed by atoms with Crippen LogP contribution in [0.15, 0.2) is 4.99 Å². The van der Waals surface area contributed by atoms with Gasteiger partial charge >= 0.3 is 18.3 Å². The van der Waals surface area contributed by atoms with Crippen LogP contribution in [0.2, 0.25) is 0 Å². The first kappa shape index (κ1) is 43.4. The summed E-state index contributed by atoms with van der Waals surface area (Å²) in [5.41, 5.74) is -1.94. The lowest BCUT2D eigenvalue weighted by Gasteiger charge is -2.22. The van der Waals surface area contributed by atoms with Gasteiger partial charge in [0.2, 0.25) is 17.8 Å². The van der Waals surface area contributed by atoms with Gasteiger partial charge in [0, 0.05) is 26.2 Å². The summed E-state index contributed by atoms with van der Waals surface area (Å²) in [5.74, 6) is -0.686. The minimum atomic E-state index is -0.747. The average molecular weight is 672 g/mol. The van der Waals surface area contributed by atoms with Gasteiger partial charge in [-0.05, 0) is 108 Å². The van der Waals surface area contributed by atoms with E-state index in [2.05, 4.69) is 36.9 Å². The topological polar surface area (TPSA) is 198 Å². The van der Waals surface area contributed by atoms with Gasteiger partial charge in [0.15, 0.2) is 0 Å². The molecule has 0 aliphatic rings. The Morgan fingerprint density at radius 3 is 1.40 bits per heavy atom. The maximum Gasteiger partial charge on any atom is 0.414 e. The number of hydrogen-bond acceptors (Lipinski definition) is 10. The second kappa shape index (κ2) is 22.8. The van der Waals surface area contributed by atoms with Gasteiger partial charge in [0.25, 0.3) is 0 Å². The molecule has 0 heterocycles. The highest BCUT2D eigenvalue weighted by atomic mass is 16.6. The number of unbranched alkanes of at least 4 members (excludes halogenated alkanes) is 4. The fourth-order valence-corrected chi connectivity index (χ4v) is 3.64. The number of carbonyl (C=O) groups is 5. The Morgan fingerprint density at radius 1 is 0.489 bits per heavy atom. The van der Waals surface area contributed by atoms with Gasteiger partial charge in [-0.25, -0.2) is 14.4 Å². The zero-order valence-electron chi connectivity index (χ0n) is 30.1. The highest BCUT2D eigenvalue weighted by Crippen LogP contribution is 2.08. The molecule has 0 aromatic rings. The number of aliphatic imine (C=N–C) groups is 1. The van der Waals surface area contributed by atoms with Crippen molar-refractivity contribution in [1.82, 2.24) is 31.9 Å². The quantitative estimate of drug-likeness (QED) is 0.0412. The summed E-state index contributed by atoms with van der Waals surface area (Å²) in [7, 11) is 0. The second-order valence-electron chi connectivity index (χ2n) is 14.0. The summed E-state index contributed by atoms with van der Waals surface area (Å²) >= 11 is 0. The molecule has 0 unspecified atom stereocenters. The van der Waals surface area contributed by atoms with Crippen LogP contribution in [0.1, 0.15) is 114 Å². The molecule has 0 saturated carbocycles. The van der Waals surface area contributed by atoms with Crippen LogP contribution in [0.4, 0.5) is 14.4 Å². The summed E-state index contributed by atoms with van der Waals surface area (Å²) in [6, 6.07) is 0. The van der Waals surface area contributed by atoms with Crippen LogP contribution in [0.5, 0.6) is 0 Å². The molecule has 5 amide bonds. The Kier molecular flexibility index (Phi) is 21.1. The average Bonchev–Trinajstić information content (AvgIpc) is 2.87. The number of ether oxygens (including phenoxy) is 3. The van der Waals surface area contributed by atoms with Crippen molar-refractivity contribution < 1.29 is 38.2 Å². The number of amides is 5. The SMILES string of the molecule is CC(C)(C)OC(=O)NCCCNCCCCNC(=O)CC(=O)NCCCCCCN=C(NC(=O)OC(C)(C)C)NC(=O)OC(C)(C)C. The van der Waals surface area contributed by atoms with E-state index in [1.807, 2.05) is 20.8 Å². The van der Waals surface area contributed by atoms with E-state index >= 15 is 0 Å². The number of nitrogens with zero attached hydrogens (tertiary/aromatic N) is 1. The highest BCUT2D eigenvalue weighted by molar-refractivity contribution is 6.01. The van der Waals surface area contributed by atoms with Gasteiger partial charge in [0.1, 0.15) is 23.2 Å². The smallest absolute Gasteiger partial charge is 0.414 e. The van der Waals surface area contributed by atoms with E-state index in [4.69, 9.17) is 14.2 Å². The molecule has 0 bridgehead atoms. The first-order chi connectivity index (χ1) is 21.8. The first-order valence-electron chi connectivity index (χ1n) is 16.5. The minimum Gasteiger partial charge on any atom is -0.444 e. The number of nitrogens with one attached hydrogen (secondary N) is 6. The van der Waals surface area contributed by atoms with Crippen molar-refractivity contribution in [3.05, 3.63) is 0 Å². The number of guanidine groups is 1. The molecule has 0 atom stereocenters.